The molecule has 2 aromatic rings. The number of fused-ring (bicyclic) bond motifs is 1. The Morgan fingerprint density at radius 3 is 3.00 bits per heavy atom. The summed E-state index contributed by atoms with van der Waals surface area (Å²) in [5, 5.41) is 9.04. The summed E-state index contributed by atoms with van der Waals surface area (Å²) in [6.45, 7) is 0. The predicted molar refractivity (Wildman–Crippen MR) is 46.5 cm³/mol. The van der Waals surface area contributed by atoms with Crippen LogP contribution in [0.4, 0.5) is 4.39 Å². The van der Waals surface area contributed by atoms with Gasteiger partial charge in [0.2, 0.25) is 0 Å². The highest BCUT2D eigenvalue weighted by Crippen LogP contribution is 2.24. The van der Waals surface area contributed by atoms with Gasteiger partial charge in [-0.1, -0.05) is 12.1 Å². The van der Waals surface area contributed by atoms with Gasteiger partial charge in [0.05, 0.1) is 4.70 Å². The minimum Gasteiger partial charge on any atom is -0.476 e. The molecule has 0 radical (unpaired) electrons. The van der Waals surface area contributed by atoms with Gasteiger partial charge >= 0.3 is 5.97 Å². The Hall–Kier alpha value is -1.49. The van der Waals surface area contributed by atoms with Crippen LogP contribution in [0.25, 0.3) is 10.1 Å². The smallest absolute Gasteiger partial charge is 0.356 e. The lowest BCUT2D eigenvalue weighted by Crippen LogP contribution is -1.95. The minimum atomic E-state index is -1.13. The number of aromatic carboxylic acids is 1. The summed E-state index contributed by atoms with van der Waals surface area (Å²) in [5.74, 6) is -1.56. The Balaban J connectivity index is 2.83. The third-order valence-corrected chi connectivity index (χ3v) is 2.52. The van der Waals surface area contributed by atoms with E-state index in [9.17, 15) is 9.18 Å². The van der Waals surface area contributed by atoms with Crippen molar-refractivity contribution in [3.05, 3.63) is 29.7 Å². The molecule has 0 spiro atoms. The van der Waals surface area contributed by atoms with Crippen molar-refractivity contribution >= 4 is 27.6 Å². The van der Waals surface area contributed by atoms with E-state index in [1.165, 1.54) is 12.1 Å². The molecule has 13 heavy (non-hydrogen) atoms. The standard InChI is InChI=1S/C8H4FNO2S/c9-5-3-1-2-4-6(8(11)12)10-13-7(4)5/h1-3H,(H,11,12). The fourth-order valence-corrected chi connectivity index (χ4v) is 1.86. The largest absolute Gasteiger partial charge is 0.476 e. The van der Waals surface area contributed by atoms with Crippen molar-refractivity contribution in [3.63, 3.8) is 0 Å². The van der Waals surface area contributed by atoms with E-state index >= 15 is 0 Å². The summed E-state index contributed by atoms with van der Waals surface area (Å²) in [6.07, 6.45) is 0. The molecule has 0 aliphatic rings. The first kappa shape index (κ1) is 8.12. The van der Waals surface area contributed by atoms with Crippen LogP contribution in [0.3, 0.4) is 0 Å². The molecule has 0 amide bonds. The van der Waals surface area contributed by atoms with E-state index < -0.39 is 11.8 Å². The topological polar surface area (TPSA) is 50.2 Å². The van der Waals surface area contributed by atoms with Crippen LogP contribution in [-0.2, 0) is 0 Å². The van der Waals surface area contributed by atoms with Crippen LogP contribution in [0.2, 0.25) is 0 Å². The van der Waals surface area contributed by atoms with Gasteiger partial charge in [-0.05, 0) is 17.6 Å². The van der Waals surface area contributed by atoms with Crippen molar-refractivity contribution in [2.75, 3.05) is 0 Å². The summed E-state index contributed by atoms with van der Waals surface area (Å²) in [4.78, 5) is 10.6. The minimum absolute atomic E-state index is 0.0838. The molecule has 3 nitrogen and oxygen atoms in total. The van der Waals surface area contributed by atoms with E-state index in [1.807, 2.05) is 0 Å². The van der Waals surface area contributed by atoms with Crippen molar-refractivity contribution in [2.45, 2.75) is 0 Å². The molecule has 1 heterocycles. The molecule has 0 saturated carbocycles. The fourth-order valence-electron chi connectivity index (χ4n) is 1.08. The van der Waals surface area contributed by atoms with Crippen molar-refractivity contribution in [3.8, 4) is 0 Å². The normalized spacial score (nSPS) is 10.5. The molecule has 5 heteroatoms. The van der Waals surface area contributed by atoms with Gasteiger partial charge in [0, 0.05) is 5.39 Å². The van der Waals surface area contributed by atoms with Crippen molar-refractivity contribution < 1.29 is 14.3 Å². The van der Waals surface area contributed by atoms with Gasteiger partial charge in [-0.15, -0.1) is 0 Å². The number of carbonyl (C=O) groups is 1. The van der Waals surface area contributed by atoms with E-state index in [2.05, 4.69) is 4.37 Å². The Morgan fingerprint density at radius 1 is 1.54 bits per heavy atom. The number of halogens is 1. The zero-order valence-electron chi connectivity index (χ0n) is 6.32. The van der Waals surface area contributed by atoms with Gasteiger partial charge in [0.15, 0.2) is 5.69 Å². The molecular weight excluding hydrogens is 193 g/mol. The maximum absolute atomic E-state index is 13.0. The van der Waals surface area contributed by atoms with Crippen LogP contribution in [0.5, 0.6) is 0 Å². The molecule has 2 rings (SSSR count). The molecule has 0 fully saturated rings. The van der Waals surface area contributed by atoms with E-state index in [0.29, 0.717) is 10.1 Å². The van der Waals surface area contributed by atoms with Crippen LogP contribution in [0, 0.1) is 5.82 Å². The summed E-state index contributed by atoms with van der Waals surface area (Å²) in [6, 6.07) is 4.30. The SMILES string of the molecule is O=C(O)c1nsc2c(F)cccc12. The maximum atomic E-state index is 13.0. The Kier molecular flexibility index (Phi) is 1.73. The van der Waals surface area contributed by atoms with E-state index in [0.717, 1.165) is 11.5 Å². The molecule has 1 aromatic carbocycles. The van der Waals surface area contributed by atoms with E-state index in [-0.39, 0.29) is 5.69 Å². The van der Waals surface area contributed by atoms with E-state index in [4.69, 9.17) is 5.11 Å². The van der Waals surface area contributed by atoms with Gasteiger partial charge in [-0.25, -0.2) is 9.18 Å². The Morgan fingerprint density at radius 2 is 2.31 bits per heavy atom. The molecule has 1 N–H and O–H groups in total. The zero-order chi connectivity index (χ0) is 9.42. The predicted octanol–water partition coefficient (Wildman–Crippen LogP) is 2.13. The van der Waals surface area contributed by atoms with Crippen LogP contribution in [0.15, 0.2) is 18.2 Å². The summed E-state index contributed by atoms with van der Waals surface area (Å²) < 4.78 is 17.0. The number of aromatic nitrogens is 1. The Labute approximate surface area is 76.6 Å². The first-order valence-electron chi connectivity index (χ1n) is 3.47. The van der Waals surface area contributed by atoms with Gasteiger partial charge in [-0.3, -0.25) is 0 Å². The average molecular weight is 197 g/mol. The molecule has 0 saturated heterocycles. The van der Waals surface area contributed by atoms with Gasteiger partial charge in [0.1, 0.15) is 5.82 Å². The van der Waals surface area contributed by atoms with Crippen molar-refractivity contribution in [2.24, 2.45) is 0 Å². The van der Waals surface area contributed by atoms with E-state index in [1.54, 1.807) is 6.07 Å². The highest BCUT2D eigenvalue weighted by Gasteiger charge is 2.14. The molecule has 0 aliphatic carbocycles. The van der Waals surface area contributed by atoms with Crippen molar-refractivity contribution in [1.82, 2.24) is 4.37 Å². The lowest BCUT2D eigenvalue weighted by atomic mass is 10.2. The zero-order valence-corrected chi connectivity index (χ0v) is 7.14. The monoisotopic (exact) mass is 197 g/mol. The first-order chi connectivity index (χ1) is 6.20. The highest BCUT2D eigenvalue weighted by atomic mass is 32.1. The second-order valence-corrected chi connectivity index (χ2v) is 3.23. The summed E-state index contributed by atoms with van der Waals surface area (Å²) in [5.41, 5.74) is -0.0838. The number of carboxylic acid groups (broad SMARTS) is 1. The Bertz CT molecular complexity index is 480. The number of carboxylic acids is 1. The maximum Gasteiger partial charge on any atom is 0.356 e. The third-order valence-electron chi connectivity index (χ3n) is 1.65. The van der Waals surface area contributed by atoms with Gasteiger partial charge in [-0.2, -0.15) is 4.37 Å². The number of benzene rings is 1. The molecule has 0 unspecified atom stereocenters. The number of hydrogen-bond acceptors (Lipinski definition) is 3. The quantitative estimate of drug-likeness (QED) is 0.761. The van der Waals surface area contributed by atoms with Crippen molar-refractivity contribution in [1.29, 1.82) is 0 Å². The van der Waals surface area contributed by atoms with Crippen LogP contribution in [0.1, 0.15) is 10.5 Å². The number of rotatable bonds is 1. The molecule has 1 aromatic heterocycles. The van der Waals surface area contributed by atoms with Crippen LogP contribution in [-0.4, -0.2) is 15.4 Å². The second kappa shape index (κ2) is 2.77. The molecule has 0 aliphatic heterocycles. The lowest BCUT2D eigenvalue weighted by molar-refractivity contribution is 0.0694. The summed E-state index contributed by atoms with van der Waals surface area (Å²) >= 11 is 0.863. The fraction of sp³-hybridized carbons (Fsp3) is 0. The van der Waals surface area contributed by atoms with Crippen LogP contribution >= 0.6 is 11.5 Å². The third kappa shape index (κ3) is 1.17. The average Bonchev–Trinajstić information content (AvgIpc) is 2.48. The molecule has 0 atom stereocenters. The van der Waals surface area contributed by atoms with Crippen LogP contribution < -0.4 is 0 Å². The number of hydrogen-bond donors (Lipinski definition) is 1. The lowest BCUT2D eigenvalue weighted by Gasteiger charge is -1.90. The number of nitrogens with zero attached hydrogens (tertiary/aromatic N) is 1. The first-order valence-corrected chi connectivity index (χ1v) is 4.24. The second-order valence-electron chi connectivity index (χ2n) is 2.45. The molecular formula is C8H4FNO2S. The summed E-state index contributed by atoms with van der Waals surface area (Å²) in [7, 11) is 0. The highest BCUT2D eigenvalue weighted by molar-refractivity contribution is 7.13. The molecule has 0 bridgehead atoms. The molecule has 66 valence electrons. The van der Waals surface area contributed by atoms with Gasteiger partial charge < -0.3 is 5.11 Å². The van der Waals surface area contributed by atoms with Gasteiger partial charge in [0.25, 0.3) is 0 Å².